The molecule has 2 atom stereocenters. The minimum Gasteiger partial charge on any atom is -0.453 e. The van der Waals surface area contributed by atoms with E-state index in [4.69, 9.17) is 11.6 Å². The number of hydrogen-bond donors (Lipinski definition) is 4. The second kappa shape index (κ2) is 11.7. The molecule has 3 amide bonds. The van der Waals surface area contributed by atoms with Gasteiger partial charge in [-0.3, -0.25) is 14.5 Å². The first-order valence-electron chi connectivity index (χ1n) is 12.8. The molecular formula is C26H31ClN6O4S. The highest BCUT2D eigenvalue weighted by Crippen LogP contribution is 2.26. The van der Waals surface area contributed by atoms with Gasteiger partial charge >= 0.3 is 6.09 Å². The van der Waals surface area contributed by atoms with E-state index in [2.05, 4.69) is 35.6 Å². The maximum absolute atomic E-state index is 13.2. The molecule has 1 aromatic carbocycles. The molecule has 0 spiro atoms. The number of alkyl carbamates (subject to hydrolysis) is 1. The van der Waals surface area contributed by atoms with Crippen LogP contribution in [0.2, 0.25) is 5.02 Å². The summed E-state index contributed by atoms with van der Waals surface area (Å²) in [5, 5.41) is 10.9. The van der Waals surface area contributed by atoms with Gasteiger partial charge in [0.25, 0.3) is 11.8 Å². The predicted molar refractivity (Wildman–Crippen MR) is 146 cm³/mol. The lowest BCUT2D eigenvalue weighted by atomic mass is 9.90. The van der Waals surface area contributed by atoms with Crippen LogP contribution in [0.15, 0.2) is 24.3 Å². The molecule has 1 fully saturated rings. The number of aromatic nitrogens is 2. The number of fused-ring (bicyclic) bond motifs is 2. The number of carbonyl (C=O) groups is 3. The van der Waals surface area contributed by atoms with Crippen LogP contribution in [0.4, 0.5) is 4.79 Å². The van der Waals surface area contributed by atoms with Crippen molar-refractivity contribution in [3.05, 3.63) is 50.6 Å². The number of ether oxygens (including phenoxy) is 1. The third-order valence-electron chi connectivity index (χ3n) is 7.11. The maximum atomic E-state index is 13.2. The summed E-state index contributed by atoms with van der Waals surface area (Å²) in [6, 6.07) is 6.92. The third kappa shape index (κ3) is 6.11. The summed E-state index contributed by atoms with van der Waals surface area (Å²) in [4.78, 5) is 48.5. The van der Waals surface area contributed by atoms with Crippen LogP contribution in [-0.4, -0.2) is 71.6 Å². The lowest BCUT2D eigenvalue weighted by molar-refractivity contribution is 0.0860. The number of rotatable bonds is 7. The lowest BCUT2D eigenvalue weighted by Gasteiger charge is -2.32. The monoisotopic (exact) mass is 558 g/mol. The number of H-pyrrole nitrogens is 1. The zero-order chi connectivity index (χ0) is 26.6. The van der Waals surface area contributed by atoms with Gasteiger partial charge in [0.2, 0.25) is 0 Å². The van der Waals surface area contributed by atoms with Crippen molar-refractivity contribution < 1.29 is 19.1 Å². The van der Waals surface area contributed by atoms with Gasteiger partial charge in [0.1, 0.15) is 5.69 Å². The molecule has 2 aromatic heterocycles. The number of amides is 3. The zero-order valence-corrected chi connectivity index (χ0v) is 22.7. The Morgan fingerprint density at radius 1 is 1.16 bits per heavy atom. The van der Waals surface area contributed by atoms with E-state index in [1.165, 1.54) is 18.4 Å². The highest BCUT2D eigenvalue weighted by Gasteiger charge is 2.30. The van der Waals surface area contributed by atoms with Crippen LogP contribution >= 0.6 is 22.9 Å². The zero-order valence-electron chi connectivity index (χ0n) is 21.1. The van der Waals surface area contributed by atoms with Crippen LogP contribution in [0.3, 0.4) is 0 Å². The van der Waals surface area contributed by atoms with E-state index in [1.54, 1.807) is 12.1 Å². The summed E-state index contributed by atoms with van der Waals surface area (Å²) < 4.78 is 4.61. The normalized spacial score (nSPS) is 19.5. The number of nitrogens with zero attached hydrogens (tertiary/aromatic N) is 2. The molecule has 2 aliphatic rings. The van der Waals surface area contributed by atoms with Crippen molar-refractivity contribution >= 4 is 51.7 Å². The van der Waals surface area contributed by atoms with Crippen LogP contribution in [0, 0.1) is 0 Å². The summed E-state index contributed by atoms with van der Waals surface area (Å²) in [6.07, 6.45) is 3.89. The molecule has 5 rings (SSSR count). The number of halogens is 1. The van der Waals surface area contributed by atoms with Crippen LogP contribution in [0.5, 0.6) is 0 Å². The molecule has 0 bridgehead atoms. The van der Waals surface area contributed by atoms with Crippen LogP contribution in [0.25, 0.3) is 10.9 Å². The van der Waals surface area contributed by atoms with Crippen molar-refractivity contribution in [1.29, 1.82) is 0 Å². The number of aromatic amines is 1. The van der Waals surface area contributed by atoms with E-state index in [9.17, 15) is 14.4 Å². The van der Waals surface area contributed by atoms with Crippen molar-refractivity contribution in [2.45, 2.75) is 50.7 Å². The topological polar surface area (TPSA) is 128 Å². The Balaban J connectivity index is 1.19. The molecule has 38 heavy (non-hydrogen) atoms. The minimum atomic E-state index is -0.442. The average molecular weight is 559 g/mol. The van der Waals surface area contributed by atoms with E-state index in [0.29, 0.717) is 35.4 Å². The second-order valence-electron chi connectivity index (χ2n) is 9.69. The largest absolute Gasteiger partial charge is 0.453 e. The highest BCUT2D eigenvalue weighted by atomic mass is 35.5. The number of thiazole rings is 1. The molecule has 1 aliphatic heterocycles. The predicted octanol–water partition coefficient (Wildman–Crippen LogP) is 3.46. The quantitative estimate of drug-likeness (QED) is 0.351. The highest BCUT2D eigenvalue weighted by molar-refractivity contribution is 7.13. The Morgan fingerprint density at radius 3 is 2.68 bits per heavy atom. The molecule has 3 heterocycles. The van der Waals surface area contributed by atoms with Crippen molar-refractivity contribution in [1.82, 2.24) is 30.8 Å². The number of nitrogens with one attached hydrogen (secondary N) is 4. The molecule has 2 unspecified atom stereocenters. The number of carbonyl (C=O) groups excluding carboxylic acids is 3. The van der Waals surface area contributed by atoms with Gasteiger partial charge in [-0.1, -0.05) is 24.4 Å². The molecule has 10 nitrogen and oxygen atoms in total. The Morgan fingerprint density at radius 2 is 1.92 bits per heavy atom. The molecule has 12 heteroatoms. The first-order chi connectivity index (χ1) is 18.4. The van der Waals surface area contributed by atoms with Gasteiger partial charge in [-0.05, 0) is 37.1 Å². The van der Waals surface area contributed by atoms with Gasteiger partial charge in [0, 0.05) is 65.5 Å². The first-order valence-corrected chi connectivity index (χ1v) is 14.0. The molecule has 202 valence electrons. The fourth-order valence-electron chi connectivity index (χ4n) is 5.10. The average Bonchev–Trinajstić information content (AvgIpc) is 3.53. The second-order valence-corrected chi connectivity index (χ2v) is 11.2. The molecule has 4 N–H and O–H groups in total. The van der Waals surface area contributed by atoms with Crippen LogP contribution in [0.1, 0.15) is 56.5 Å². The summed E-state index contributed by atoms with van der Waals surface area (Å²) in [6.45, 7) is 2.70. The molecule has 1 aliphatic carbocycles. The lowest BCUT2D eigenvalue weighted by Crippen LogP contribution is -2.53. The number of methoxy groups -OCH3 is 1. The van der Waals surface area contributed by atoms with Gasteiger partial charge in [-0.2, -0.15) is 0 Å². The van der Waals surface area contributed by atoms with E-state index >= 15 is 0 Å². The number of hydrogen-bond acceptors (Lipinski definition) is 7. The summed E-state index contributed by atoms with van der Waals surface area (Å²) in [5.74, 6) is -0.398. The van der Waals surface area contributed by atoms with Gasteiger partial charge in [-0.15, -0.1) is 11.3 Å². The van der Waals surface area contributed by atoms with Crippen molar-refractivity contribution in [3.8, 4) is 0 Å². The standard InChI is InChI=1S/C26H31ClN6O4S/c1-37-26(36)28-9-11-33-10-8-20-22(14-33)38-25(32-20)24(35)31-19-5-3-2-4-18(19)30-23(34)21-13-15-12-16(27)6-7-17(15)29-21/h6-7,12-13,18-19,29H,2-5,8-11,14H2,1H3,(H,28,36)(H,30,34)(H,31,35). The Hall–Kier alpha value is -3.15. The van der Waals surface area contributed by atoms with Crippen LogP contribution < -0.4 is 16.0 Å². The van der Waals surface area contributed by atoms with Gasteiger partial charge < -0.3 is 25.7 Å². The molecular weight excluding hydrogens is 528 g/mol. The molecule has 0 radical (unpaired) electrons. The fourth-order valence-corrected chi connectivity index (χ4v) is 6.34. The van der Waals surface area contributed by atoms with Crippen molar-refractivity contribution in [3.63, 3.8) is 0 Å². The van der Waals surface area contributed by atoms with Crippen LogP contribution in [-0.2, 0) is 17.7 Å². The smallest absolute Gasteiger partial charge is 0.406 e. The Labute approximate surface area is 229 Å². The molecule has 1 saturated carbocycles. The Kier molecular flexibility index (Phi) is 8.15. The van der Waals surface area contributed by atoms with Crippen molar-refractivity contribution in [2.24, 2.45) is 0 Å². The van der Waals surface area contributed by atoms with E-state index in [1.807, 2.05) is 12.1 Å². The van der Waals surface area contributed by atoms with E-state index in [-0.39, 0.29) is 23.9 Å². The molecule has 3 aromatic rings. The van der Waals surface area contributed by atoms with E-state index in [0.717, 1.165) is 60.1 Å². The summed E-state index contributed by atoms with van der Waals surface area (Å²) in [7, 11) is 1.34. The van der Waals surface area contributed by atoms with E-state index < -0.39 is 6.09 Å². The first kappa shape index (κ1) is 26.5. The van der Waals surface area contributed by atoms with Crippen molar-refractivity contribution in [2.75, 3.05) is 26.7 Å². The molecule has 0 saturated heterocycles. The minimum absolute atomic E-state index is 0.164. The number of benzene rings is 1. The maximum Gasteiger partial charge on any atom is 0.406 e. The third-order valence-corrected chi connectivity index (χ3v) is 8.43. The SMILES string of the molecule is COC(=O)NCCN1CCc2nc(C(=O)NC3CCCCC3NC(=O)c3cc4cc(Cl)ccc4[nH]3)sc2C1. The fraction of sp³-hybridized carbons (Fsp3) is 0.462. The summed E-state index contributed by atoms with van der Waals surface area (Å²) >= 11 is 7.49. The van der Waals surface area contributed by atoms with Gasteiger partial charge in [0.15, 0.2) is 5.01 Å². The summed E-state index contributed by atoms with van der Waals surface area (Å²) in [5.41, 5.74) is 2.28. The Bertz CT molecular complexity index is 1340. The van der Waals surface area contributed by atoms with Gasteiger partial charge in [0.05, 0.1) is 12.8 Å². The van der Waals surface area contributed by atoms with Gasteiger partial charge in [-0.25, -0.2) is 9.78 Å².